The van der Waals surface area contributed by atoms with Gasteiger partial charge in [0.15, 0.2) is 6.29 Å². The molecule has 34 heavy (non-hydrogen) atoms. The van der Waals surface area contributed by atoms with E-state index in [2.05, 4.69) is 16.0 Å². The van der Waals surface area contributed by atoms with Crippen LogP contribution in [-0.4, -0.2) is 105 Å². The number of carboxylic acids is 1. The van der Waals surface area contributed by atoms with Crippen LogP contribution in [0.15, 0.2) is 0 Å². The maximum atomic E-state index is 12.5. The van der Waals surface area contributed by atoms with Crippen LogP contribution < -0.4 is 21.7 Å². The molecule has 0 bridgehead atoms. The Morgan fingerprint density at radius 3 is 2.24 bits per heavy atom. The van der Waals surface area contributed by atoms with Crippen molar-refractivity contribution >= 4 is 29.6 Å². The zero-order valence-corrected chi connectivity index (χ0v) is 19.0. The topological polar surface area (TPSA) is 247 Å². The Morgan fingerprint density at radius 2 is 1.74 bits per heavy atom. The Bertz CT molecular complexity index is 780. The van der Waals surface area contributed by atoms with E-state index < -0.39 is 91.5 Å². The number of carboxylic acid groups (broad SMARTS) is 1. The number of ether oxygens (including phenoxy) is 2. The molecule has 200 valence electrons. The van der Waals surface area contributed by atoms with E-state index in [0.717, 1.165) is 6.92 Å². The van der Waals surface area contributed by atoms with Crippen molar-refractivity contribution in [2.45, 2.75) is 82.4 Å². The van der Waals surface area contributed by atoms with Gasteiger partial charge in [-0.05, 0) is 20.3 Å². The van der Waals surface area contributed by atoms with Gasteiger partial charge in [-0.3, -0.25) is 24.0 Å². The highest BCUT2D eigenvalue weighted by molar-refractivity contribution is 5.92. The minimum Gasteiger partial charge on any atom is -0.481 e. The summed E-state index contributed by atoms with van der Waals surface area (Å²) in [5.41, 5.74) is 5.16. The number of hydrogen-bond acceptors (Lipinski definition) is 10. The third-order valence-corrected chi connectivity index (χ3v) is 5.03. The number of amides is 4. The Labute approximate surface area is 199 Å². The molecule has 1 rings (SSSR count). The van der Waals surface area contributed by atoms with Crippen molar-refractivity contribution in [3.05, 3.63) is 0 Å². The van der Waals surface area contributed by atoms with Crippen LogP contribution in [0.5, 0.6) is 0 Å². The van der Waals surface area contributed by atoms with Crippen molar-refractivity contribution in [3.8, 4) is 0 Å². The Morgan fingerprint density at radius 1 is 1.12 bits per heavy atom. The normalized spacial score (nSPS) is 27.1. The lowest BCUT2D eigenvalue weighted by atomic mass is 9.96. The number of primary amides is 1. The zero-order chi connectivity index (χ0) is 26.2. The molecule has 1 saturated heterocycles. The summed E-state index contributed by atoms with van der Waals surface area (Å²) in [5.74, 6) is -4.34. The fourth-order valence-corrected chi connectivity index (χ4v) is 3.18. The van der Waals surface area contributed by atoms with Crippen LogP contribution >= 0.6 is 0 Å². The molecular weight excluding hydrogens is 460 g/mol. The van der Waals surface area contributed by atoms with Crippen molar-refractivity contribution in [1.29, 1.82) is 0 Å². The number of nitrogens with one attached hydrogen (secondary N) is 3. The molecule has 0 spiro atoms. The average Bonchev–Trinajstić information content (AvgIpc) is 2.74. The SMILES string of the molecule is CC(=O)N[C@@H]1[C@@H](O[C@H](C)C(=O)N[C@@H](C)C(=O)N[C@H](CCC(=O)O)C(N)=O)[C@H](O)[C@@H](CO)O[C@H]1O.[HH].[HH].[HH]. The zero-order valence-electron chi connectivity index (χ0n) is 19.0. The standard InChI is InChI=1S/C19H32N4O11.3H2/c1-7(17(30)23-10(16(20)29)4-5-12(26)27)21-18(31)8(2)33-15-13(22-9(3)25)19(32)34-11(6-24)14(15)28;;;/h7-8,10-11,13-15,19,24,28,32H,4-6H2,1-3H3,(H2,20,29)(H,21,31)(H,22,25)(H,23,30)(H,26,27);3*1H/t7-,8+,10+,11+,13+,14+,15+,19+;;;/m0.../s1. The molecule has 0 aromatic carbocycles. The van der Waals surface area contributed by atoms with Crippen molar-refractivity contribution in [1.82, 2.24) is 16.0 Å². The second kappa shape index (κ2) is 13.1. The summed E-state index contributed by atoms with van der Waals surface area (Å²) in [4.78, 5) is 58.4. The van der Waals surface area contributed by atoms with Gasteiger partial charge in [0.25, 0.3) is 0 Å². The summed E-state index contributed by atoms with van der Waals surface area (Å²) >= 11 is 0. The Hall–Kier alpha value is -2.85. The second-order valence-corrected chi connectivity index (χ2v) is 7.83. The second-order valence-electron chi connectivity index (χ2n) is 7.83. The molecule has 1 fully saturated rings. The molecule has 0 aromatic rings. The molecule has 0 radical (unpaired) electrons. The van der Waals surface area contributed by atoms with Crippen LogP contribution in [0.1, 0.15) is 37.9 Å². The maximum absolute atomic E-state index is 12.5. The van der Waals surface area contributed by atoms with Crippen molar-refractivity contribution in [2.24, 2.45) is 5.73 Å². The highest BCUT2D eigenvalue weighted by Crippen LogP contribution is 2.23. The van der Waals surface area contributed by atoms with Gasteiger partial charge in [0.1, 0.15) is 42.5 Å². The highest BCUT2D eigenvalue weighted by Gasteiger charge is 2.47. The molecule has 9 N–H and O–H groups in total. The fraction of sp³-hybridized carbons (Fsp3) is 0.737. The molecule has 1 aliphatic rings. The lowest BCUT2D eigenvalue weighted by molar-refractivity contribution is -0.266. The van der Waals surface area contributed by atoms with E-state index in [-0.39, 0.29) is 10.7 Å². The molecule has 15 heteroatoms. The molecule has 1 aliphatic heterocycles. The summed E-state index contributed by atoms with van der Waals surface area (Å²) in [5, 5.41) is 45.5. The number of nitrogens with two attached hydrogens (primary N) is 1. The molecule has 1 heterocycles. The van der Waals surface area contributed by atoms with Gasteiger partial charge in [-0.2, -0.15) is 0 Å². The number of carbonyl (C=O) groups is 5. The van der Waals surface area contributed by atoms with Crippen LogP contribution in [0, 0.1) is 0 Å². The minimum atomic E-state index is -1.65. The maximum Gasteiger partial charge on any atom is 0.303 e. The van der Waals surface area contributed by atoms with Gasteiger partial charge in [0.05, 0.1) is 6.61 Å². The van der Waals surface area contributed by atoms with E-state index in [9.17, 15) is 39.3 Å². The molecule has 0 aliphatic carbocycles. The predicted octanol–water partition coefficient (Wildman–Crippen LogP) is -3.59. The van der Waals surface area contributed by atoms with Crippen molar-refractivity contribution < 1.29 is 58.2 Å². The van der Waals surface area contributed by atoms with E-state index >= 15 is 0 Å². The number of carbonyl (C=O) groups excluding carboxylic acids is 4. The van der Waals surface area contributed by atoms with E-state index in [1.165, 1.54) is 13.8 Å². The smallest absolute Gasteiger partial charge is 0.303 e. The number of aliphatic hydroxyl groups excluding tert-OH is 3. The minimum absolute atomic E-state index is 0. The monoisotopic (exact) mass is 498 g/mol. The first-order chi connectivity index (χ1) is 15.8. The first kappa shape index (κ1) is 29.2. The number of aliphatic carboxylic acids is 1. The van der Waals surface area contributed by atoms with Crippen molar-refractivity contribution in [3.63, 3.8) is 0 Å². The Kier molecular flexibility index (Phi) is 11.3. The number of rotatable bonds is 12. The summed E-state index contributed by atoms with van der Waals surface area (Å²) in [7, 11) is 0. The van der Waals surface area contributed by atoms with Crippen molar-refractivity contribution in [2.75, 3.05) is 6.61 Å². The molecule has 0 saturated carbocycles. The predicted molar refractivity (Wildman–Crippen MR) is 118 cm³/mol. The van der Waals surface area contributed by atoms with E-state index in [1.54, 1.807) is 0 Å². The van der Waals surface area contributed by atoms with Gasteiger partial charge in [-0.1, -0.05) is 0 Å². The lowest BCUT2D eigenvalue weighted by Gasteiger charge is -2.43. The highest BCUT2D eigenvalue weighted by atomic mass is 16.6. The molecule has 15 nitrogen and oxygen atoms in total. The summed E-state index contributed by atoms with van der Waals surface area (Å²) in [6, 6.07) is -3.71. The van der Waals surface area contributed by atoms with Crippen LogP contribution in [-0.2, 0) is 33.4 Å². The summed E-state index contributed by atoms with van der Waals surface area (Å²) < 4.78 is 10.6. The summed E-state index contributed by atoms with van der Waals surface area (Å²) in [6.07, 6.45) is -7.74. The molecule has 0 aromatic heterocycles. The van der Waals surface area contributed by atoms with Gasteiger partial charge in [0, 0.05) is 17.6 Å². The van der Waals surface area contributed by atoms with Crippen LogP contribution in [0.2, 0.25) is 0 Å². The first-order valence-electron chi connectivity index (χ1n) is 10.4. The third kappa shape index (κ3) is 8.49. The molecular formula is C19H38N4O11. The van der Waals surface area contributed by atoms with Gasteiger partial charge in [-0.15, -0.1) is 0 Å². The summed E-state index contributed by atoms with van der Waals surface area (Å²) in [6.45, 7) is 3.06. The van der Waals surface area contributed by atoms with E-state index in [1.807, 2.05) is 0 Å². The average molecular weight is 499 g/mol. The quantitative estimate of drug-likeness (QED) is 0.131. The van der Waals surface area contributed by atoms with Gasteiger partial charge >= 0.3 is 5.97 Å². The number of hydrogen-bond donors (Lipinski definition) is 8. The van der Waals surface area contributed by atoms with Gasteiger partial charge in [-0.25, -0.2) is 0 Å². The Balaban J connectivity index is -0.00000385. The van der Waals surface area contributed by atoms with Crippen LogP contribution in [0.4, 0.5) is 0 Å². The third-order valence-electron chi connectivity index (χ3n) is 5.03. The largest absolute Gasteiger partial charge is 0.481 e. The fourth-order valence-electron chi connectivity index (χ4n) is 3.18. The van der Waals surface area contributed by atoms with Gasteiger partial charge < -0.3 is 51.6 Å². The van der Waals surface area contributed by atoms with Crippen LogP contribution in [0.3, 0.4) is 0 Å². The van der Waals surface area contributed by atoms with E-state index in [0.29, 0.717) is 0 Å². The van der Waals surface area contributed by atoms with E-state index in [4.69, 9.17) is 20.3 Å². The molecule has 8 atom stereocenters. The lowest BCUT2D eigenvalue weighted by Crippen LogP contribution is -2.65. The van der Waals surface area contributed by atoms with Gasteiger partial charge in [0.2, 0.25) is 23.6 Å². The number of aliphatic hydroxyl groups is 3. The first-order valence-corrected chi connectivity index (χ1v) is 10.4. The molecule has 0 unspecified atom stereocenters. The molecule has 4 amide bonds. The van der Waals surface area contributed by atoms with Crippen LogP contribution in [0.25, 0.3) is 0 Å².